The Morgan fingerprint density at radius 3 is 0.648 bits per heavy atom. The summed E-state index contributed by atoms with van der Waals surface area (Å²) in [5, 5.41) is 0. The molecule has 0 unspecified atom stereocenters. The molecule has 0 N–H and O–H groups in total. The van der Waals surface area contributed by atoms with Crippen LogP contribution in [0.5, 0.6) is 0 Å². The summed E-state index contributed by atoms with van der Waals surface area (Å²) in [6.07, 6.45) is 29.8. The Morgan fingerprint density at radius 1 is 0.296 bits per heavy atom. The van der Waals surface area contributed by atoms with Gasteiger partial charge in [-0.05, 0) is 25.7 Å². The normalized spacial score (nSPS) is 11.4. The Morgan fingerprint density at radius 2 is 0.463 bits per heavy atom. The third-order valence-electron chi connectivity index (χ3n) is 9.43. The highest BCUT2D eigenvalue weighted by Crippen LogP contribution is 2.19. The molecule has 0 rings (SSSR count). The van der Waals surface area contributed by atoms with E-state index in [0.29, 0.717) is 52.1 Å². The summed E-state index contributed by atoms with van der Waals surface area (Å²) in [4.78, 5) is 47.3. The minimum Gasteiger partial charge on any atom is -0.465 e. The Balaban J connectivity index is 0. The highest BCUT2D eigenvalue weighted by Gasteiger charge is 2.24. The van der Waals surface area contributed by atoms with Crippen LogP contribution in [0.15, 0.2) is 0 Å². The van der Waals surface area contributed by atoms with Gasteiger partial charge in [0.2, 0.25) is 0 Å². The van der Waals surface area contributed by atoms with Crippen molar-refractivity contribution in [1.82, 2.24) is 0 Å². The molecule has 0 radical (unpaired) electrons. The van der Waals surface area contributed by atoms with Gasteiger partial charge in [0.15, 0.2) is 0 Å². The first kappa shape index (κ1) is 54.0. The highest BCUT2D eigenvalue weighted by molar-refractivity contribution is 5.70. The van der Waals surface area contributed by atoms with Crippen molar-refractivity contribution in [2.45, 2.75) is 235 Å². The third-order valence-corrected chi connectivity index (χ3v) is 9.43. The SMILES string of the molecule is CCCCCCCC(=O)OCC(C)(C)COC(=O)CCCCCCC.CCCCCCCCCC(=O)OCC(C)(C)COC(=O)CCCCCCCCC. The number of ether oxygens (including phenoxy) is 4. The molecule has 0 aromatic carbocycles. The maximum Gasteiger partial charge on any atom is 0.305 e. The van der Waals surface area contributed by atoms with Crippen LogP contribution in [-0.4, -0.2) is 50.3 Å². The summed E-state index contributed by atoms with van der Waals surface area (Å²) >= 11 is 0. The molecule has 0 heterocycles. The van der Waals surface area contributed by atoms with E-state index in [-0.39, 0.29) is 34.7 Å². The first-order chi connectivity index (χ1) is 25.8. The number of rotatable bonds is 36. The zero-order chi connectivity index (χ0) is 40.8. The lowest BCUT2D eigenvalue weighted by Crippen LogP contribution is -2.28. The van der Waals surface area contributed by atoms with Crippen LogP contribution in [0.3, 0.4) is 0 Å². The predicted molar refractivity (Wildman–Crippen MR) is 223 cm³/mol. The molecule has 8 heteroatoms. The van der Waals surface area contributed by atoms with Crippen molar-refractivity contribution in [2.24, 2.45) is 10.8 Å². The summed E-state index contributed by atoms with van der Waals surface area (Å²) in [6, 6.07) is 0. The lowest BCUT2D eigenvalue weighted by Gasteiger charge is -2.23. The van der Waals surface area contributed by atoms with E-state index in [1.165, 1.54) is 103 Å². The van der Waals surface area contributed by atoms with Gasteiger partial charge in [0.25, 0.3) is 0 Å². The average molecular weight is 769 g/mol. The van der Waals surface area contributed by atoms with Crippen LogP contribution >= 0.6 is 0 Å². The van der Waals surface area contributed by atoms with Gasteiger partial charge >= 0.3 is 23.9 Å². The number of hydrogen-bond acceptors (Lipinski definition) is 8. The Hall–Kier alpha value is -2.12. The van der Waals surface area contributed by atoms with Gasteiger partial charge in [0.1, 0.15) is 0 Å². The summed E-state index contributed by atoms with van der Waals surface area (Å²) in [6.45, 7) is 17.8. The second-order valence-electron chi connectivity index (χ2n) is 17.0. The van der Waals surface area contributed by atoms with Crippen molar-refractivity contribution in [3.8, 4) is 0 Å². The van der Waals surface area contributed by atoms with Crippen LogP contribution in [0.4, 0.5) is 0 Å². The maximum atomic E-state index is 11.9. The van der Waals surface area contributed by atoms with Crippen molar-refractivity contribution >= 4 is 23.9 Å². The molecule has 0 aliphatic rings. The van der Waals surface area contributed by atoms with Crippen molar-refractivity contribution in [3.63, 3.8) is 0 Å². The van der Waals surface area contributed by atoms with Crippen LogP contribution in [0.25, 0.3) is 0 Å². The molecule has 0 bridgehead atoms. The molecule has 320 valence electrons. The van der Waals surface area contributed by atoms with Crippen LogP contribution in [0, 0.1) is 10.8 Å². The van der Waals surface area contributed by atoms with Gasteiger partial charge in [-0.3, -0.25) is 19.2 Å². The van der Waals surface area contributed by atoms with Crippen molar-refractivity contribution < 1.29 is 38.1 Å². The maximum absolute atomic E-state index is 11.9. The van der Waals surface area contributed by atoms with E-state index in [1.807, 2.05) is 27.7 Å². The molecular weight excluding hydrogens is 680 g/mol. The fourth-order valence-corrected chi connectivity index (χ4v) is 5.67. The van der Waals surface area contributed by atoms with E-state index in [0.717, 1.165) is 51.4 Å². The van der Waals surface area contributed by atoms with E-state index >= 15 is 0 Å². The molecule has 8 nitrogen and oxygen atoms in total. The molecule has 0 spiro atoms. The van der Waals surface area contributed by atoms with Gasteiger partial charge < -0.3 is 18.9 Å². The largest absolute Gasteiger partial charge is 0.465 e. The van der Waals surface area contributed by atoms with E-state index in [4.69, 9.17) is 18.9 Å². The zero-order valence-electron chi connectivity index (χ0n) is 36.9. The molecule has 0 aliphatic carbocycles. The summed E-state index contributed by atoms with van der Waals surface area (Å²) in [5.74, 6) is -0.569. The van der Waals surface area contributed by atoms with E-state index in [2.05, 4.69) is 27.7 Å². The minimum atomic E-state index is -0.342. The molecule has 0 saturated carbocycles. The first-order valence-electron chi connectivity index (χ1n) is 22.4. The second-order valence-corrected chi connectivity index (χ2v) is 17.0. The molecule has 0 fully saturated rings. The number of carbonyl (C=O) groups excluding carboxylic acids is 4. The van der Waals surface area contributed by atoms with E-state index in [1.54, 1.807) is 0 Å². The van der Waals surface area contributed by atoms with Gasteiger partial charge in [-0.15, -0.1) is 0 Å². The Labute approximate surface area is 333 Å². The fourth-order valence-electron chi connectivity index (χ4n) is 5.67. The third kappa shape index (κ3) is 41.1. The molecule has 0 aromatic heterocycles. The molecule has 0 aromatic rings. The predicted octanol–water partition coefficient (Wildman–Crippen LogP) is 13.2. The van der Waals surface area contributed by atoms with E-state index < -0.39 is 0 Å². The average Bonchev–Trinajstić information content (AvgIpc) is 3.14. The summed E-state index contributed by atoms with van der Waals surface area (Å²) in [5.41, 5.74) is -0.679. The molecular formula is C46H88O8. The quantitative estimate of drug-likeness (QED) is 0.0352. The lowest BCUT2D eigenvalue weighted by atomic mass is 9.96. The zero-order valence-corrected chi connectivity index (χ0v) is 36.9. The van der Waals surface area contributed by atoms with Gasteiger partial charge in [0, 0.05) is 36.5 Å². The van der Waals surface area contributed by atoms with Crippen molar-refractivity contribution in [3.05, 3.63) is 0 Å². The van der Waals surface area contributed by atoms with Crippen molar-refractivity contribution in [2.75, 3.05) is 26.4 Å². The molecule has 0 saturated heterocycles. The second kappa shape index (κ2) is 37.8. The Bertz CT molecular complexity index is 829. The van der Waals surface area contributed by atoms with Crippen LogP contribution in [0.2, 0.25) is 0 Å². The number of unbranched alkanes of at least 4 members (excludes halogenated alkanes) is 20. The lowest BCUT2D eigenvalue weighted by molar-refractivity contribution is -0.154. The van der Waals surface area contributed by atoms with Gasteiger partial charge in [-0.1, -0.05) is 184 Å². The van der Waals surface area contributed by atoms with Crippen molar-refractivity contribution in [1.29, 1.82) is 0 Å². The monoisotopic (exact) mass is 769 g/mol. The standard InChI is InChI=1S/C25H48O4.C21H40O4/c1-5-7-9-11-13-15-17-19-23(26)28-21-25(3,4)22-29-24(27)20-18-16-14-12-10-8-6-2;1-5-7-9-11-13-15-19(22)24-17-21(3,4)18-25-20(23)16-14-12-10-8-6-2/h5-22H2,1-4H3;5-18H2,1-4H3. The molecule has 0 atom stereocenters. The first-order valence-corrected chi connectivity index (χ1v) is 22.4. The van der Waals surface area contributed by atoms with Gasteiger partial charge in [-0.25, -0.2) is 0 Å². The molecule has 0 aliphatic heterocycles. The highest BCUT2D eigenvalue weighted by atomic mass is 16.6. The van der Waals surface area contributed by atoms with Crippen LogP contribution in [-0.2, 0) is 38.1 Å². The van der Waals surface area contributed by atoms with Crippen LogP contribution < -0.4 is 0 Å². The van der Waals surface area contributed by atoms with Gasteiger partial charge in [-0.2, -0.15) is 0 Å². The number of hydrogen-bond donors (Lipinski definition) is 0. The number of carbonyl (C=O) groups is 4. The molecule has 54 heavy (non-hydrogen) atoms. The summed E-state index contributed by atoms with van der Waals surface area (Å²) in [7, 11) is 0. The number of esters is 4. The van der Waals surface area contributed by atoms with Crippen LogP contribution in [0.1, 0.15) is 235 Å². The topological polar surface area (TPSA) is 105 Å². The van der Waals surface area contributed by atoms with E-state index in [9.17, 15) is 19.2 Å². The Kier molecular flexibility index (Phi) is 37.8. The smallest absolute Gasteiger partial charge is 0.305 e. The molecule has 0 amide bonds. The fraction of sp³-hybridized carbons (Fsp3) is 0.913. The van der Waals surface area contributed by atoms with Gasteiger partial charge in [0.05, 0.1) is 26.4 Å². The summed E-state index contributed by atoms with van der Waals surface area (Å²) < 4.78 is 21.5. The minimum absolute atomic E-state index is 0.138.